The lowest BCUT2D eigenvalue weighted by Crippen LogP contribution is -2.16. The van der Waals surface area contributed by atoms with Crippen LogP contribution in [0.1, 0.15) is 23.0 Å². The number of hydrazone groups is 1. The van der Waals surface area contributed by atoms with Crippen LogP contribution in [0, 0.1) is 0 Å². The Bertz CT molecular complexity index is 1210. The second-order valence-electron chi connectivity index (χ2n) is 6.35. The van der Waals surface area contributed by atoms with Crippen LogP contribution >= 0.6 is 0 Å². The Hall–Kier alpha value is -3.80. The number of ether oxygens (including phenoxy) is 2. The van der Waals surface area contributed by atoms with Gasteiger partial charge in [0.25, 0.3) is 0 Å². The van der Waals surface area contributed by atoms with Gasteiger partial charge < -0.3 is 13.9 Å². The molecule has 0 saturated carbocycles. The van der Waals surface area contributed by atoms with Crippen molar-refractivity contribution in [1.82, 2.24) is 5.43 Å². The molecule has 29 heavy (non-hydrogen) atoms. The predicted octanol–water partition coefficient (Wildman–Crippen LogP) is 4.76. The van der Waals surface area contributed by atoms with Crippen LogP contribution < -0.4 is 14.9 Å². The number of nitrogens with zero attached hydrogens (tertiary/aromatic N) is 1. The van der Waals surface area contributed by atoms with Gasteiger partial charge in [-0.2, -0.15) is 5.10 Å². The number of methoxy groups -OCH3 is 1. The first-order valence-electron chi connectivity index (χ1n) is 9.25. The summed E-state index contributed by atoms with van der Waals surface area (Å²) in [5.74, 6) is 1.05. The van der Waals surface area contributed by atoms with E-state index in [2.05, 4.69) is 10.5 Å². The van der Waals surface area contributed by atoms with Gasteiger partial charge in [0.05, 0.1) is 19.9 Å². The molecule has 0 aliphatic rings. The monoisotopic (exact) mass is 388 g/mol. The minimum atomic E-state index is -0.417. The van der Waals surface area contributed by atoms with Crippen molar-refractivity contribution in [1.29, 1.82) is 0 Å². The maximum atomic E-state index is 12.4. The second-order valence-corrected chi connectivity index (χ2v) is 6.35. The molecule has 0 spiro atoms. The number of amides is 1. The third-order valence-corrected chi connectivity index (χ3v) is 4.52. The second kappa shape index (κ2) is 8.06. The number of furan rings is 1. The van der Waals surface area contributed by atoms with E-state index >= 15 is 0 Å². The Kier molecular flexibility index (Phi) is 5.16. The Balaban J connectivity index is 1.52. The Morgan fingerprint density at radius 3 is 2.76 bits per heavy atom. The van der Waals surface area contributed by atoms with E-state index in [0.29, 0.717) is 23.7 Å². The van der Waals surface area contributed by atoms with E-state index in [1.165, 1.54) is 6.21 Å². The van der Waals surface area contributed by atoms with Crippen molar-refractivity contribution in [3.8, 4) is 11.5 Å². The van der Waals surface area contributed by atoms with Crippen molar-refractivity contribution in [2.45, 2.75) is 6.92 Å². The number of rotatable bonds is 6. The van der Waals surface area contributed by atoms with Crippen LogP contribution in [0.3, 0.4) is 0 Å². The molecule has 0 fully saturated rings. The van der Waals surface area contributed by atoms with Crippen LogP contribution in [0.15, 0.2) is 70.2 Å². The maximum Gasteiger partial charge on any atom is 0.307 e. The number of hydrogen-bond acceptors (Lipinski definition) is 5. The quantitative estimate of drug-likeness (QED) is 0.382. The van der Waals surface area contributed by atoms with Crippen molar-refractivity contribution >= 4 is 33.9 Å². The fourth-order valence-electron chi connectivity index (χ4n) is 3.16. The average Bonchev–Trinajstić information content (AvgIpc) is 3.20. The molecule has 1 heterocycles. The lowest BCUT2D eigenvalue weighted by molar-refractivity contribution is 0.0929. The van der Waals surface area contributed by atoms with Crippen LogP contribution in [0.2, 0.25) is 0 Å². The SMILES string of the molecule is CCOc1ccc(/C=N/NC(=O)c2cc3c(ccc4ccccc43)o2)cc1OC. The summed E-state index contributed by atoms with van der Waals surface area (Å²) < 4.78 is 16.5. The normalized spacial score (nSPS) is 11.2. The van der Waals surface area contributed by atoms with Gasteiger partial charge in [-0.3, -0.25) is 4.79 Å². The number of benzene rings is 3. The van der Waals surface area contributed by atoms with Crippen molar-refractivity contribution in [3.05, 3.63) is 72.0 Å². The lowest BCUT2D eigenvalue weighted by Gasteiger charge is -2.09. The number of carbonyl (C=O) groups is 1. The molecule has 4 rings (SSSR count). The van der Waals surface area contributed by atoms with Gasteiger partial charge in [-0.25, -0.2) is 5.43 Å². The predicted molar refractivity (Wildman–Crippen MR) is 113 cm³/mol. The molecular weight excluding hydrogens is 368 g/mol. The molecule has 1 aromatic heterocycles. The minimum absolute atomic E-state index is 0.206. The molecule has 6 nitrogen and oxygen atoms in total. The average molecular weight is 388 g/mol. The van der Waals surface area contributed by atoms with Crippen molar-refractivity contribution in [3.63, 3.8) is 0 Å². The summed E-state index contributed by atoms with van der Waals surface area (Å²) in [7, 11) is 1.58. The van der Waals surface area contributed by atoms with E-state index in [1.807, 2.05) is 49.4 Å². The van der Waals surface area contributed by atoms with Gasteiger partial charge in [-0.1, -0.05) is 30.3 Å². The topological polar surface area (TPSA) is 73.1 Å². The van der Waals surface area contributed by atoms with Crippen LogP contribution in [-0.2, 0) is 0 Å². The molecule has 4 aromatic rings. The van der Waals surface area contributed by atoms with E-state index in [4.69, 9.17) is 13.9 Å². The summed E-state index contributed by atoms with van der Waals surface area (Å²) in [5, 5.41) is 7.05. The maximum absolute atomic E-state index is 12.4. The number of fused-ring (bicyclic) bond motifs is 3. The third kappa shape index (κ3) is 3.78. The number of carbonyl (C=O) groups excluding carboxylic acids is 1. The van der Waals surface area contributed by atoms with Crippen molar-refractivity contribution < 1.29 is 18.7 Å². The van der Waals surface area contributed by atoms with Crippen LogP contribution in [0.25, 0.3) is 21.7 Å². The van der Waals surface area contributed by atoms with E-state index in [1.54, 1.807) is 25.3 Å². The molecule has 0 aliphatic heterocycles. The smallest absolute Gasteiger partial charge is 0.307 e. The zero-order valence-corrected chi connectivity index (χ0v) is 16.1. The molecule has 0 radical (unpaired) electrons. The van der Waals surface area contributed by atoms with Crippen LogP contribution in [0.5, 0.6) is 11.5 Å². The van der Waals surface area contributed by atoms with Crippen molar-refractivity contribution in [2.75, 3.05) is 13.7 Å². The van der Waals surface area contributed by atoms with E-state index < -0.39 is 5.91 Å². The Labute approximate surface area is 167 Å². The molecule has 1 amide bonds. The summed E-state index contributed by atoms with van der Waals surface area (Å²) in [6.07, 6.45) is 1.54. The van der Waals surface area contributed by atoms with Gasteiger partial charge in [0.2, 0.25) is 0 Å². The zero-order valence-electron chi connectivity index (χ0n) is 16.1. The lowest BCUT2D eigenvalue weighted by atomic mass is 10.1. The Morgan fingerprint density at radius 1 is 1.07 bits per heavy atom. The highest BCUT2D eigenvalue weighted by molar-refractivity contribution is 6.08. The number of nitrogens with one attached hydrogen (secondary N) is 1. The van der Waals surface area contributed by atoms with E-state index in [9.17, 15) is 4.79 Å². The molecule has 6 heteroatoms. The van der Waals surface area contributed by atoms with Gasteiger partial charge >= 0.3 is 5.91 Å². The summed E-state index contributed by atoms with van der Waals surface area (Å²) in [4.78, 5) is 12.4. The molecular formula is C23H20N2O4. The first kappa shape index (κ1) is 18.6. The Morgan fingerprint density at radius 2 is 1.93 bits per heavy atom. The highest BCUT2D eigenvalue weighted by Crippen LogP contribution is 2.28. The van der Waals surface area contributed by atoms with Gasteiger partial charge in [0.1, 0.15) is 5.58 Å². The first-order chi connectivity index (χ1) is 14.2. The fraction of sp³-hybridized carbons (Fsp3) is 0.130. The standard InChI is InChI=1S/C23H20N2O4/c1-3-28-20-10-8-15(12-21(20)27-2)14-24-25-23(26)22-13-18-17-7-5-4-6-16(17)9-11-19(18)29-22/h4-14H,3H2,1-2H3,(H,25,26)/b24-14+. The minimum Gasteiger partial charge on any atom is -0.493 e. The highest BCUT2D eigenvalue weighted by atomic mass is 16.5. The fourth-order valence-corrected chi connectivity index (χ4v) is 3.16. The van der Waals surface area contributed by atoms with E-state index in [-0.39, 0.29) is 5.76 Å². The zero-order chi connectivity index (χ0) is 20.2. The summed E-state index contributed by atoms with van der Waals surface area (Å²) >= 11 is 0. The number of hydrogen-bond donors (Lipinski definition) is 1. The summed E-state index contributed by atoms with van der Waals surface area (Å²) in [5.41, 5.74) is 3.92. The van der Waals surface area contributed by atoms with Gasteiger partial charge in [0, 0.05) is 5.39 Å². The highest BCUT2D eigenvalue weighted by Gasteiger charge is 2.13. The molecule has 0 aliphatic carbocycles. The van der Waals surface area contributed by atoms with Crippen LogP contribution in [-0.4, -0.2) is 25.8 Å². The van der Waals surface area contributed by atoms with Crippen molar-refractivity contribution in [2.24, 2.45) is 5.10 Å². The first-order valence-corrected chi connectivity index (χ1v) is 9.25. The largest absolute Gasteiger partial charge is 0.493 e. The molecule has 0 atom stereocenters. The van der Waals surface area contributed by atoms with E-state index in [0.717, 1.165) is 21.7 Å². The van der Waals surface area contributed by atoms with Gasteiger partial charge in [-0.15, -0.1) is 0 Å². The molecule has 146 valence electrons. The molecule has 0 unspecified atom stereocenters. The van der Waals surface area contributed by atoms with Gasteiger partial charge in [-0.05, 0) is 53.6 Å². The molecule has 3 aromatic carbocycles. The third-order valence-electron chi connectivity index (χ3n) is 4.52. The molecule has 1 N–H and O–H groups in total. The molecule has 0 bridgehead atoms. The van der Waals surface area contributed by atoms with Crippen LogP contribution in [0.4, 0.5) is 0 Å². The summed E-state index contributed by atoms with van der Waals surface area (Å²) in [6.45, 7) is 2.46. The summed E-state index contributed by atoms with van der Waals surface area (Å²) in [6, 6.07) is 19.0. The van der Waals surface area contributed by atoms with Gasteiger partial charge in [0.15, 0.2) is 17.3 Å². The molecule has 0 saturated heterocycles.